The number of likely N-dealkylation sites (tertiary alicyclic amines) is 1. The number of aryl methyl sites for hydroxylation is 1. The number of hydrogen-bond acceptors (Lipinski definition) is 6. The van der Waals surface area contributed by atoms with Crippen LogP contribution in [0.4, 0.5) is 10.3 Å². The summed E-state index contributed by atoms with van der Waals surface area (Å²) in [5.74, 6) is 0.366. The lowest BCUT2D eigenvalue weighted by atomic mass is 10.0. The summed E-state index contributed by atoms with van der Waals surface area (Å²) in [5.41, 5.74) is 3.46. The van der Waals surface area contributed by atoms with Crippen LogP contribution in [0.3, 0.4) is 0 Å². The van der Waals surface area contributed by atoms with Crippen molar-refractivity contribution in [3.63, 3.8) is 0 Å². The van der Waals surface area contributed by atoms with Crippen LogP contribution in [0, 0.1) is 19.7 Å². The normalized spacial score (nSPS) is 16.1. The van der Waals surface area contributed by atoms with Gasteiger partial charge in [0, 0.05) is 38.0 Å². The first-order valence-corrected chi connectivity index (χ1v) is 10.4. The molecule has 0 aliphatic carbocycles. The monoisotopic (exact) mass is 443 g/mol. The Morgan fingerprint density at radius 2 is 2.10 bits per heavy atom. The minimum atomic E-state index is -0.555. The average Bonchev–Trinajstić information content (AvgIpc) is 3.36. The molecule has 0 radical (unpaired) electrons. The van der Waals surface area contributed by atoms with Crippen LogP contribution in [0.2, 0.25) is 5.02 Å². The van der Waals surface area contributed by atoms with Crippen molar-refractivity contribution in [1.29, 1.82) is 0 Å². The number of carbonyl (C=O) groups is 1. The molecular weight excluding hydrogens is 421 g/mol. The van der Waals surface area contributed by atoms with Gasteiger partial charge < -0.3 is 14.3 Å². The Hall–Kier alpha value is -3.00. The van der Waals surface area contributed by atoms with Gasteiger partial charge in [-0.05, 0) is 44.9 Å². The highest BCUT2D eigenvalue weighted by molar-refractivity contribution is 6.31. The average molecular weight is 444 g/mol. The number of aromatic nitrogens is 3. The molecule has 0 N–H and O–H groups in total. The highest BCUT2D eigenvalue weighted by Crippen LogP contribution is 2.39. The van der Waals surface area contributed by atoms with Crippen molar-refractivity contribution in [2.45, 2.75) is 32.7 Å². The Morgan fingerprint density at radius 1 is 1.32 bits per heavy atom. The molecule has 31 heavy (non-hydrogen) atoms. The third-order valence-corrected chi connectivity index (χ3v) is 5.89. The van der Waals surface area contributed by atoms with Gasteiger partial charge in [-0.1, -0.05) is 16.8 Å². The van der Waals surface area contributed by atoms with Crippen LogP contribution in [0.1, 0.15) is 46.2 Å². The maximum atomic E-state index is 13.6. The predicted molar refractivity (Wildman–Crippen MR) is 116 cm³/mol. The Labute approximate surface area is 184 Å². The van der Waals surface area contributed by atoms with Gasteiger partial charge in [0.2, 0.25) is 5.95 Å². The van der Waals surface area contributed by atoms with Crippen molar-refractivity contribution in [2.24, 2.45) is 0 Å². The van der Waals surface area contributed by atoms with Crippen molar-refractivity contribution in [3.8, 4) is 11.3 Å². The third-order valence-electron chi connectivity index (χ3n) is 5.60. The van der Waals surface area contributed by atoms with Gasteiger partial charge in [0.25, 0.3) is 5.91 Å². The van der Waals surface area contributed by atoms with E-state index in [1.54, 1.807) is 11.1 Å². The summed E-state index contributed by atoms with van der Waals surface area (Å²) in [6.07, 6.45) is 3.28. The van der Waals surface area contributed by atoms with Crippen LogP contribution < -0.4 is 4.90 Å². The van der Waals surface area contributed by atoms with Crippen LogP contribution in [0.15, 0.2) is 28.9 Å². The zero-order valence-electron chi connectivity index (χ0n) is 17.8. The summed E-state index contributed by atoms with van der Waals surface area (Å²) in [6, 6.07) is 3.75. The summed E-state index contributed by atoms with van der Waals surface area (Å²) >= 11 is 5.91. The van der Waals surface area contributed by atoms with Gasteiger partial charge in [-0.25, -0.2) is 14.4 Å². The molecule has 1 saturated heterocycles. The second kappa shape index (κ2) is 8.26. The largest absolute Gasteiger partial charge is 0.356 e. The van der Waals surface area contributed by atoms with Crippen molar-refractivity contribution in [2.75, 3.05) is 25.5 Å². The first kappa shape index (κ1) is 21.2. The highest BCUT2D eigenvalue weighted by Gasteiger charge is 2.35. The number of halogens is 2. The topological polar surface area (TPSA) is 75.4 Å². The summed E-state index contributed by atoms with van der Waals surface area (Å²) in [4.78, 5) is 26.1. The lowest BCUT2D eigenvalue weighted by molar-refractivity contribution is 0.0733. The fourth-order valence-electron chi connectivity index (χ4n) is 3.79. The van der Waals surface area contributed by atoms with Crippen molar-refractivity contribution < 1.29 is 13.7 Å². The summed E-state index contributed by atoms with van der Waals surface area (Å²) in [6.45, 7) is 4.37. The molecule has 1 aliphatic heterocycles. The number of hydrogen-bond donors (Lipinski definition) is 0. The molecule has 1 aliphatic rings. The number of amides is 1. The van der Waals surface area contributed by atoms with E-state index in [1.807, 2.05) is 32.8 Å². The molecule has 4 rings (SSSR count). The zero-order valence-corrected chi connectivity index (χ0v) is 18.6. The van der Waals surface area contributed by atoms with E-state index < -0.39 is 5.82 Å². The number of rotatable bonds is 4. The lowest BCUT2D eigenvalue weighted by Gasteiger charge is -2.26. The second-order valence-corrected chi connectivity index (χ2v) is 8.28. The molecule has 0 bridgehead atoms. The van der Waals surface area contributed by atoms with E-state index in [0.717, 1.165) is 24.1 Å². The van der Waals surface area contributed by atoms with Crippen LogP contribution in [0.25, 0.3) is 11.3 Å². The summed E-state index contributed by atoms with van der Waals surface area (Å²) < 4.78 is 19.2. The summed E-state index contributed by atoms with van der Waals surface area (Å²) in [7, 11) is 3.72. The molecule has 2 aromatic heterocycles. The van der Waals surface area contributed by atoms with Crippen LogP contribution in [0.5, 0.6) is 0 Å². The van der Waals surface area contributed by atoms with Gasteiger partial charge in [0.05, 0.1) is 28.0 Å². The minimum Gasteiger partial charge on any atom is -0.356 e. The smallest absolute Gasteiger partial charge is 0.254 e. The fourth-order valence-corrected chi connectivity index (χ4v) is 3.97. The van der Waals surface area contributed by atoms with E-state index in [-0.39, 0.29) is 17.0 Å². The van der Waals surface area contributed by atoms with Gasteiger partial charge in [-0.3, -0.25) is 4.79 Å². The molecule has 9 heteroatoms. The third kappa shape index (κ3) is 3.87. The maximum absolute atomic E-state index is 13.6. The molecular formula is C22H23ClFN5O2. The van der Waals surface area contributed by atoms with E-state index in [9.17, 15) is 9.18 Å². The standard InChI is InChI=1S/C22H23ClFN5O2/c1-12-13(2)27-31-20(12)15-11-25-22(28(3)4)26-19(15)18-6-5-9-29(18)21(30)14-7-8-17(24)16(23)10-14/h7-8,10-11,18H,5-6,9H2,1-4H3. The lowest BCUT2D eigenvalue weighted by Crippen LogP contribution is -2.31. The van der Waals surface area contributed by atoms with Crippen LogP contribution >= 0.6 is 11.6 Å². The second-order valence-electron chi connectivity index (χ2n) is 7.87. The van der Waals surface area contributed by atoms with Crippen molar-refractivity contribution >= 4 is 23.5 Å². The van der Waals surface area contributed by atoms with Gasteiger partial charge in [0.15, 0.2) is 5.76 Å². The molecule has 0 spiro atoms. The number of benzene rings is 1. The molecule has 3 heterocycles. The highest BCUT2D eigenvalue weighted by atomic mass is 35.5. The van der Waals surface area contributed by atoms with Crippen LogP contribution in [-0.2, 0) is 0 Å². The SMILES string of the molecule is Cc1noc(-c2cnc(N(C)C)nc2C2CCCN2C(=O)c2ccc(F)c(Cl)c2)c1C. The molecule has 1 fully saturated rings. The van der Waals surface area contributed by atoms with Gasteiger partial charge in [-0.2, -0.15) is 0 Å². The maximum Gasteiger partial charge on any atom is 0.254 e. The molecule has 3 aromatic rings. The molecule has 7 nitrogen and oxygen atoms in total. The van der Waals surface area contributed by atoms with E-state index in [0.29, 0.717) is 35.1 Å². The minimum absolute atomic E-state index is 0.0769. The molecule has 0 saturated carbocycles. The van der Waals surface area contributed by atoms with Crippen molar-refractivity contribution in [3.05, 3.63) is 57.8 Å². The van der Waals surface area contributed by atoms with Gasteiger partial charge in [-0.15, -0.1) is 0 Å². The molecule has 162 valence electrons. The van der Waals surface area contributed by atoms with E-state index in [2.05, 4.69) is 10.1 Å². The number of carbonyl (C=O) groups excluding carboxylic acids is 1. The zero-order chi connectivity index (χ0) is 22.3. The van der Waals surface area contributed by atoms with Gasteiger partial charge >= 0.3 is 0 Å². The first-order chi connectivity index (χ1) is 14.8. The Balaban J connectivity index is 1.79. The van der Waals surface area contributed by atoms with Crippen LogP contribution in [-0.4, -0.2) is 46.6 Å². The van der Waals surface area contributed by atoms with E-state index >= 15 is 0 Å². The van der Waals surface area contributed by atoms with Gasteiger partial charge in [0.1, 0.15) is 5.82 Å². The summed E-state index contributed by atoms with van der Waals surface area (Å²) in [5, 5.41) is 3.99. The van der Waals surface area contributed by atoms with Crippen molar-refractivity contribution in [1.82, 2.24) is 20.0 Å². The Morgan fingerprint density at radius 3 is 2.74 bits per heavy atom. The molecule has 1 amide bonds. The quantitative estimate of drug-likeness (QED) is 0.587. The Kier molecular flexibility index (Phi) is 5.66. The first-order valence-electron chi connectivity index (χ1n) is 10.0. The van der Waals surface area contributed by atoms with E-state index in [4.69, 9.17) is 21.1 Å². The number of nitrogens with zero attached hydrogens (tertiary/aromatic N) is 5. The fraction of sp³-hybridized carbons (Fsp3) is 0.364. The van der Waals surface area contributed by atoms with E-state index in [1.165, 1.54) is 18.2 Å². The molecule has 1 aromatic carbocycles. The predicted octanol–water partition coefficient (Wildman–Crippen LogP) is 4.58. The molecule has 1 unspecified atom stereocenters. The Bertz CT molecular complexity index is 1150. The number of anilines is 1. The molecule has 1 atom stereocenters.